The Kier molecular flexibility index (Phi) is 4.89. The van der Waals surface area contributed by atoms with E-state index in [1.807, 2.05) is 0 Å². The summed E-state index contributed by atoms with van der Waals surface area (Å²) in [5, 5.41) is 3.24. The van der Waals surface area contributed by atoms with Crippen molar-refractivity contribution >= 4 is 39.1 Å². The van der Waals surface area contributed by atoms with Gasteiger partial charge in [0.1, 0.15) is 4.90 Å². The second kappa shape index (κ2) is 7.22. The fraction of sp³-hybridized carbons (Fsp3) is 0.300. The zero-order chi connectivity index (χ0) is 19.9. The average molecular weight is 419 g/mol. The van der Waals surface area contributed by atoms with E-state index in [9.17, 15) is 18.0 Å². The van der Waals surface area contributed by atoms with Crippen molar-refractivity contribution in [3.05, 3.63) is 58.6 Å². The molecule has 2 aliphatic rings. The van der Waals surface area contributed by atoms with Crippen LogP contribution in [-0.4, -0.2) is 30.6 Å². The van der Waals surface area contributed by atoms with Crippen molar-refractivity contribution in [1.29, 1.82) is 0 Å². The summed E-state index contributed by atoms with van der Waals surface area (Å²) in [6, 6.07) is 10.5. The molecule has 0 aromatic heterocycles. The molecule has 0 atom stereocenters. The van der Waals surface area contributed by atoms with E-state index in [0.717, 1.165) is 23.6 Å². The summed E-state index contributed by atoms with van der Waals surface area (Å²) in [6.45, 7) is 0. The third-order valence-electron chi connectivity index (χ3n) is 5.22. The van der Waals surface area contributed by atoms with Gasteiger partial charge in [-0.2, -0.15) is 0 Å². The van der Waals surface area contributed by atoms with E-state index < -0.39 is 21.8 Å². The van der Waals surface area contributed by atoms with Crippen molar-refractivity contribution in [2.24, 2.45) is 0 Å². The summed E-state index contributed by atoms with van der Waals surface area (Å²) in [6.07, 6.45) is 4.25. The summed E-state index contributed by atoms with van der Waals surface area (Å²) in [5.74, 6) is -0.949. The van der Waals surface area contributed by atoms with E-state index in [4.69, 9.17) is 11.6 Å². The van der Waals surface area contributed by atoms with Gasteiger partial charge in [-0.1, -0.05) is 30.9 Å². The molecular weight excluding hydrogens is 400 g/mol. The van der Waals surface area contributed by atoms with Crippen molar-refractivity contribution in [2.45, 2.75) is 43.0 Å². The Balaban J connectivity index is 1.63. The topological polar surface area (TPSA) is 83.6 Å². The fourth-order valence-corrected chi connectivity index (χ4v) is 5.77. The highest BCUT2D eigenvalue weighted by Gasteiger charge is 2.45. The molecule has 2 aromatic carbocycles. The minimum absolute atomic E-state index is 0.0909. The normalized spacial score (nSPS) is 18.8. The van der Waals surface area contributed by atoms with Gasteiger partial charge in [-0.15, -0.1) is 0 Å². The van der Waals surface area contributed by atoms with Crippen LogP contribution in [0.1, 0.15) is 52.8 Å². The number of carbonyl (C=O) groups excluding carboxylic acids is 2. The maximum absolute atomic E-state index is 13.0. The number of benzene rings is 2. The molecule has 146 valence electrons. The summed E-state index contributed by atoms with van der Waals surface area (Å²) < 4.78 is 27.1. The number of nitrogens with zero attached hydrogens (tertiary/aromatic N) is 1. The van der Waals surface area contributed by atoms with Crippen molar-refractivity contribution in [3.8, 4) is 0 Å². The van der Waals surface area contributed by atoms with E-state index in [0.29, 0.717) is 23.6 Å². The number of carbonyl (C=O) groups is 2. The number of hydrogen-bond acceptors (Lipinski definition) is 4. The second-order valence-electron chi connectivity index (χ2n) is 7.07. The number of nitrogens with one attached hydrogen (secondary N) is 1. The number of amides is 2. The van der Waals surface area contributed by atoms with Crippen molar-refractivity contribution in [1.82, 2.24) is 4.31 Å². The van der Waals surface area contributed by atoms with Crippen LogP contribution in [0, 0.1) is 0 Å². The first-order valence-electron chi connectivity index (χ1n) is 9.17. The predicted molar refractivity (Wildman–Crippen MR) is 106 cm³/mol. The van der Waals surface area contributed by atoms with Crippen LogP contribution in [0.25, 0.3) is 0 Å². The van der Waals surface area contributed by atoms with Crippen LogP contribution < -0.4 is 5.32 Å². The Hall–Kier alpha value is -2.38. The van der Waals surface area contributed by atoms with E-state index >= 15 is 0 Å². The minimum Gasteiger partial charge on any atom is -0.322 e. The Labute approximate surface area is 168 Å². The molecule has 1 N–H and O–H groups in total. The first-order valence-corrected chi connectivity index (χ1v) is 11.0. The molecule has 0 saturated heterocycles. The molecule has 8 heteroatoms. The summed E-state index contributed by atoms with van der Waals surface area (Å²) >= 11 is 5.84. The highest BCUT2D eigenvalue weighted by molar-refractivity contribution is 7.90. The number of hydrogen-bond donors (Lipinski definition) is 1. The Morgan fingerprint density at radius 3 is 2.39 bits per heavy atom. The molecule has 1 aliphatic heterocycles. The highest BCUT2D eigenvalue weighted by atomic mass is 35.5. The van der Waals surface area contributed by atoms with Gasteiger partial charge in [0.25, 0.3) is 21.8 Å². The van der Waals surface area contributed by atoms with Crippen LogP contribution in [0.15, 0.2) is 47.4 Å². The minimum atomic E-state index is -3.94. The van der Waals surface area contributed by atoms with Gasteiger partial charge in [0, 0.05) is 22.3 Å². The molecule has 0 unspecified atom stereocenters. The van der Waals surface area contributed by atoms with Crippen LogP contribution in [0.5, 0.6) is 0 Å². The van der Waals surface area contributed by atoms with Gasteiger partial charge in [0.2, 0.25) is 0 Å². The lowest BCUT2D eigenvalue weighted by atomic mass is 9.95. The molecule has 28 heavy (non-hydrogen) atoms. The third kappa shape index (κ3) is 3.29. The smallest absolute Gasteiger partial charge is 0.269 e. The number of sulfonamides is 1. The van der Waals surface area contributed by atoms with Gasteiger partial charge in [-0.25, -0.2) is 12.7 Å². The molecule has 2 aromatic rings. The summed E-state index contributed by atoms with van der Waals surface area (Å²) in [4.78, 5) is 25.2. The number of anilines is 1. The lowest BCUT2D eigenvalue weighted by molar-refractivity contribution is 0.0809. The molecule has 1 heterocycles. The van der Waals surface area contributed by atoms with Crippen LogP contribution in [0.4, 0.5) is 5.69 Å². The van der Waals surface area contributed by atoms with Crippen LogP contribution in [0.2, 0.25) is 5.02 Å². The molecule has 4 rings (SSSR count). The first-order chi connectivity index (χ1) is 13.4. The molecule has 0 bridgehead atoms. The maximum atomic E-state index is 13.0. The first kappa shape index (κ1) is 19.0. The average Bonchev–Trinajstić information content (AvgIpc) is 2.89. The van der Waals surface area contributed by atoms with Gasteiger partial charge in [-0.3, -0.25) is 9.59 Å². The molecule has 1 saturated carbocycles. The zero-order valence-electron chi connectivity index (χ0n) is 15.0. The molecule has 6 nitrogen and oxygen atoms in total. The van der Waals surface area contributed by atoms with E-state index in [1.54, 1.807) is 24.3 Å². The SMILES string of the molecule is O=C(Nc1ccc(Cl)cc1)c1ccc2c(c1)S(=O)(=O)N(C1CCCCC1)C2=O. The van der Waals surface area contributed by atoms with E-state index in [2.05, 4.69) is 5.32 Å². The monoisotopic (exact) mass is 418 g/mol. The molecule has 2 amide bonds. The number of halogens is 1. The second-order valence-corrected chi connectivity index (χ2v) is 9.29. The van der Waals surface area contributed by atoms with E-state index in [-0.39, 0.29) is 22.1 Å². The Bertz CT molecular complexity index is 1040. The van der Waals surface area contributed by atoms with Crippen LogP contribution >= 0.6 is 11.6 Å². The maximum Gasteiger partial charge on any atom is 0.269 e. The summed E-state index contributed by atoms with van der Waals surface area (Å²) in [5.41, 5.74) is 0.849. The van der Waals surface area contributed by atoms with Gasteiger partial charge in [-0.05, 0) is 55.3 Å². The van der Waals surface area contributed by atoms with Crippen molar-refractivity contribution in [3.63, 3.8) is 0 Å². The quantitative estimate of drug-likeness (QED) is 0.814. The zero-order valence-corrected chi connectivity index (χ0v) is 16.6. The Morgan fingerprint density at radius 2 is 1.71 bits per heavy atom. The largest absolute Gasteiger partial charge is 0.322 e. The van der Waals surface area contributed by atoms with Crippen LogP contribution in [-0.2, 0) is 10.0 Å². The molecule has 1 fully saturated rings. The molecule has 0 radical (unpaired) electrons. The van der Waals surface area contributed by atoms with Crippen molar-refractivity contribution < 1.29 is 18.0 Å². The lowest BCUT2D eigenvalue weighted by Gasteiger charge is -2.29. The lowest BCUT2D eigenvalue weighted by Crippen LogP contribution is -2.40. The number of rotatable bonds is 3. The molecule has 0 spiro atoms. The van der Waals surface area contributed by atoms with Gasteiger partial charge in [0.05, 0.1) is 5.56 Å². The van der Waals surface area contributed by atoms with Gasteiger partial charge < -0.3 is 5.32 Å². The third-order valence-corrected chi connectivity index (χ3v) is 7.35. The fourth-order valence-electron chi connectivity index (χ4n) is 3.80. The molecule has 1 aliphatic carbocycles. The standard InChI is InChI=1S/C20H19ClN2O4S/c21-14-7-9-15(10-8-14)22-19(24)13-6-11-17-18(12-13)28(26,27)23(20(17)25)16-4-2-1-3-5-16/h6-12,16H,1-5H2,(H,22,24). The van der Waals surface area contributed by atoms with Gasteiger partial charge in [0.15, 0.2) is 0 Å². The highest BCUT2D eigenvalue weighted by Crippen LogP contribution is 2.36. The van der Waals surface area contributed by atoms with Gasteiger partial charge >= 0.3 is 0 Å². The predicted octanol–water partition coefficient (Wildman–Crippen LogP) is 4.07. The van der Waals surface area contributed by atoms with Crippen LogP contribution in [0.3, 0.4) is 0 Å². The Morgan fingerprint density at radius 1 is 1.04 bits per heavy atom. The summed E-state index contributed by atoms with van der Waals surface area (Å²) in [7, 11) is -3.94. The number of fused-ring (bicyclic) bond motifs is 1. The van der Waals surface area contributed by atoms with Crippen molar-refractivity contribution in [2.75, 3.05) is 5.32 Å². The van der Waals surface area contributed by atoms with E-state index in [1.165, 1.54) is 18.2 Å². The molecular formula is C20H19ClN2O4S.